The summed E-state index contributed by atoms with van der Waals surface area (Å²) in [6, 6.07) is 5.89. The molecule has 0 amide bonds. The van der Waals surface area contributed by atoms with Gasteiger partial charge in [-0.25, -0.2) is 0 Å². The Morgan fingerprint density at radius 1 is 1.45 bits per heavy atom. The van der Waals surface area contributed by atoms with Crippen molar-refractivity contribution < 1.29 is 19.7 Å². The largest absolute Gasteiger partial charge is 0.508 e. The predicted octanol–water partition coefficient (Wildman–Crippen LogP) is 0.605. The van der Waals surface area contributed by atoms with Gasteiger partial charge in [-0.1, -0.05) is 18.2 Å². The number of carbonyl (C=O) groups is 1. The smallest absolute Gasteiger partial charge is 0.316 e. The SMILES string of the molecule is COC(=O)C1C(c2ccccc2O)Nc2ncnn2C1(C)O. The molecule has 2 heterocycles. The second-order valence-electron chi connectivity index (χ2n) is 5.27. The molecule has 0 saturated heterocycles. The highest BCUT2D eigenvalue weighted by Gasteiger charge is 2.51. The second kappa shape index (κ2) is 4.99. The van der Waals surface area contributed by atoms with Crippen molar-refractivity contribution in [3.63, 3.8) is 0 Å². The van der Waals surface area contributed by atoms with Crippen LogP contribution < -0.4 is 5.32 Å². The highest BCUT2D eigenvalue weighted by atomic mass is 16.5. The van der Waals surface area contributed by atoms with E-state index in [-0.39, 0.29) is 5.75 Å². The van der Waals surface area contributed by atoms with Crippen molar-refractivity contribution in [2.45, 2.75) is 18.7 Å². The quantitative estimate of drug-likeness (QED) is 0.697. The van der Waals surface area contributed by atoms with Crippen molar-refractivity contribution in [3.8, 4) is 5.75 Å². The average Bonchev–Trinajstić information content (AvgIpc) is 2.96. The van der Waals surface area contributed by atoms with Crippen molar-refractivity contribution >= 4 is 11.9 Å². The van der Waals surface area contributed by atoms with Gasteiger partial charge in [-0.2, -0.15) is 14.8 Å². The lowest BCUT2D eigenvalue weighted by Gasteiger charge is -2.41. The number of para-hydroxylation sites is 1. The van der Waals surface area contributed by atoms with Crippen LogP contribution in [0.25, 0.3) is 0 Å². The zero-order chi connectivity index (χ0) is 15.9. The summed E-state index contributed by atoms with van der Waals surface area (Å²) < 4.78 is 6.05. The molecule has 8 heteroatoms. The van der Waals surface area contributed by atoms with Crippen LogP contribution in [0.5, 0.6) is 5.75 Å². The van der Waals surface area contributed by atoms with Crippen LogP contribution >= 0.6 is 0 Å². The lowest BCUT2D eigenvalue weighted by molar-refractivity contribution is -0.168. The molecule has 0 radical (unpaired) electrons. The number of nitrogens with zero attached hydrogens (tertiary/aromatic N) is 3. The number of aromatic nitrogens is 3. The number of aromatic hydroxyl groups is 1. The van der Waals surface area contributed by atoms with E-state index in [4.69, 9.17) is 4.74 Å². The minimum atomic E-state index is -1.66. The third-order valence-corrected chi connectivity index (χ3v) is 3.91. The molecule has 2 aromatic rings. The van der Waals surface area contributed by atoms with Crippen LogP contribution in [0.1, 0.15) is 18.5 Å². The number of ether oxygens (including phenoxy) is 1. The van der Waals surface area contributed by atoms with Gasteiger partial charge in [0.05, 0.1) is 13.2 Å². The molecule has 1 aromatic carbocycles. The minimum Gasteiger partial charge on any atom is -0.508 e. The van der Waals surface area contributed by atoms with Gasteiger partial charge in [-0.15, -0.1) is 0 Å². The lowest BCUT2D eigenvalue weighted by atomic mass is 9.83. The summed E-state index contributed by atoms with van der Waals surface area (Å²) in [5.74, 6) is -1.32. The van der Waals surface area contributed by atoms with Crippen molar-refractivity contribution in [1.29, 1.82) is 0 Å². The number of nitrogens with one attached hydrogen (secondary N) is 1. The fourth-order valence-corrected chi connectivity index (χ4v) is 2.84. The molecule has 0 fully saturated rings. The van der Waals surface area contributed by atoms with Gasteiger partial charge >= 0.3 is 5.97 Å². The fraction of sp³-hybridized carbons (Fsp3) is 0.357. The number of carbonyl (C=O) groups excluding carboxylic acids is 1. The standard InChI is InChI=1S/C14H16N4O4/c1-14(21)10(12(20)22-2)11(8-5-3-4-6-9(8)19)17-13-15-7-16-18(13)14/h3-7,10-11,19,21H,1-2H3,(H,15,16,17). The molecule has 1 aliphatic rings. The third kappa shape index (κ3) is 2.00. The molecule has 116 valence electrons. The molecule has 0 aliphatic carbocycles. The first-order chi connectivity index (χ1) is 10.5. The monoisotopic (exact) mass is 304 g/mol. The molecular formula is C14H16N4O4. The van der Waals surface area contributed by atoms with Gasteiger partial charge < -0.3 is 20.3 Å². The highest BCUT2D eigenvalue weighted by molar-refractivity contribution is 5.76. The number of phenolic OH excluding ortho intramolecular Hbond substituents is 1. The number of rotatable bonds is 2. The summed E-state index contributed by atoms with van der Waals surface area (Å²) in [5.41, 5.74) is -1.19. The number of esters is 1. The minimum absolute atomic E-state index is 0.0117. The van der Waals surface area contributed by atoms with Crippen molar-refractivity contribution in [1.82, 2.24) is 14.8 Å². The van der Waals surface area contributed by atoms with E-state index in [1.54, 1.807) is 18.2 Å². The van der Waals surface area contributed by atoms with Gasteiger partial charge in [0, 0.05) is 5.56 Å². The first-order valence-corrected chi connectivity index (χ1v) is 6.72. The molecule has 1 aromatic heterocycles. The number of benzene rings is 1. The Kier molecular flexibility index (Phi) is 3.25. The molecule has 1 aliphatic heterocycles. The van der Waals surface area contributed by atoms with Gasteiger partial charge in [-0.3, -0.25) is 4.79 Å². The molecule has 0 bridgehead atoms. The van der Waals surface area contributed by atoms with Crippen LogP contribution in [0.4, 0.5) is 5.95 Å². The Balaban J connectivity index is 2.16. The van der Waals surface area contributed by atoms with E-state index in [1.807, 2.05) is 0 Å². The molecular weight excluding hydrogens is 288 g/mol. The second-order valence-corrected chi connectivity index (χ2v) is 5.27. The number of hydrogen-bond donors (Lipinski definition) is 3. The van der Waals surface area contributed by atoms with Gasteiger partial charge in [0.25, 0.3) is 0 Å². The van der Waals surface area contributed by atoms with E-state index in [0.29, 0.717) is 11.5 Å². The average molecular weight is 304 g/mol. The summed E-state index contributed by atoms with van der Waals surface area (Å²) >= 11 is 0. The summed E-state index contributed by atoms with van der Waals surface area (Å²) in [6.45, 7) is 1.46. The zero-order valence-electron chi connectivity index (χ0n) is 12.1. The summed E-state index contributed by atoms with van der Waals surface area (Å²) in [7, 11) is 1.25. The molecule has 3 rings (SSSR count). The predicted molar refractivity (Wildman–Crippen MR) is 75.9 cm³/mol. The van der Waals surface area contributed by atoms with Gasteiger partial charge in [-0.05, 0) is 13.0 Å². The van der Waals surface area contributed by atoms with E-state index in [9.17, 15) is 15.0 Å². The molecule has 8 nitrogen and oxygen atoms in total. The number of methoxy groups -OCH3 is 1. The van der Waals surface area contributed by atoms with Gasteiger partial charge in [0.1, 0.15) is 18.0 Å². The Hall–Kier alpha value is -2.61. The maximum Gasteiger partial charge on any atom is 0.316 e. The Labute approximate surface area is 126 Å². The third-order valence-electron chi connectivity index (χ3n) is 3.91. The molecule has 0 spiro atoms. The molecule has 22 heavy (non-hydrogen) atoms. The number of anilines is 1. The highest BCUT2D eigenvalue weighted by Crippen LogP contribution is 2.43. The normalized spacial score (nSPS) is 26.9. The van der Waals surface area contributed by atoms with Gasteiger partial charge in [0.15, 0.2) is 5.72 Å². The topological polar surface area (TPSA) is 110 Å². The molecule has 3 unspecified atom stereocenters. The Morgan fingerprint density at radius 3 is 2.86 bits per heavy atom. The fourth-order valence-electron chi connectivity index (χ4n) is 2.84. The number of hydrogen-bond acceptors (Lipinski definition) is 7. The molecule has 3 N–H and O–H groups in total. The van der Waals surface area contributed by atoms with Crippen LogP contribution in [0.3, 0.4) is 0 Å². The van der Waals surface area contributed by atoms with Crippen LogP contribution in [0.15, 0.2) is 30.6 Å². The first-order valence-electron chi connectivity index (χ1n) is 6.72. The van der Waals surface area contributed by atoms with E-state index in [0.717, 1.165) is 0 Å². The van der Waals surface area contributed by atoms with E-state index in [1.165, 1.54) is 31.1 Å². The van der Waals surface area contributed by atoms with Crippen LogP contribution in [-0.4, -0.2) is 38.1 Å². The summed E-state index contributed by atoms with van der Waals surface area (Å²) in [5, 5.41) is 27.9. The van der Waals surface area contributed by atoms with Crippen LogP contribution in [0, 0.1) is 5.92 Å². The van der Waals surface area contributed by atoms with Crippen LogP contribution in [0.2, 0.25) is 0 Å². The Bertz CT molecular complexity index is 712. The number of fused-ring (bicyclic) bond motifs is 1. The zero-order valence-corrected chi connectivity index (χ0v) is 12.1. The summed E-state index contributed by atoms with van der Waals surface area (Å²) in [6.07, 6.45) is 1.28. The van der Waals surface area contributed by atoms with Crippen LogP contribution in [-0.2, 0) is 15.3 Å². The maximum atomic E-state index is 12.2. The summed E-state index contributed by atoms with van der Waals surface area (Å²) in [4.78, 5) is 16.3. The van der Waals surface area contributed by atoms with Gasteiger partial charge in [0.2, 0.25) is 5.95 Å². The van der Waals surface area contributed by atoms with E-state index >= 15 is 0 Å². The van der Waals surface area contributed by atoms with E-state index in [2.05, 4.69) is 15.4 Å². The molecule has 0 saturated carbocycles. The number of aliphatic hydroxyl groups is 1. The van der Waals surface area contributed by atoms with Crippen molar-refractivity contribution in [2.75, 3.05) is 12.4 Å². The maximum absolute atomic E-state index is 12.2. The van der Waals surface area contributed by atoms with Crippen molar-refractivity contribution in [2.24, 2.45) is 5.92 Å². The van der Waals surface area contributed by atoms with Crippen molar-refractivity contribution in [3.05, 3.63) is 36.2 Å². The Morgan fingerprint density at radius 2 is 2.18 bits per heavy atom. The molecule has 3 atom stereocenters. The first kappa shape index (κ1) is 14.3. The van der Waals surface area contributed by atoms with E-state index < -0.39 is 23.7 Å². The lowest BCUT2D eigenvalue weighted by Crippen LogP contribution is -2.52. The number of phenols is 1.